The summed E-state index contributed by atoms with van der Waals surface area (Å²) in [5.74, 6) is 1.31. The molecule has 2 aliphatic rings. The summed E-state index contributed by atoms with van der Waals surface area (Å²) in [4.78, 5) is 15.7. The Morgan fingerprint density at radius 2 is 2.06 bits per heavy atom. The molecule has 0 saturated heterocycles. The van der Waals surface area contributed by atoms with Crippen LogP contribution in [0.4, 0.5) is 5.69 Å². The van der Waals surface area contributed by atoms with Gasteiger partial charge in [0.25, 0.3) is 5.22 Å². The van der Waals surface area contributed by atoms with Gasteiger partial charge < -0.3 is 18.8 Å². The van der Waals surface area contributed by atoms with Gasteiger partial charge in [-0.25, -0.2) is 0 Å². The van der Waals surface area contributed by atoms with E-state index in [9.17, 15) is 10.1 Å². The van der Waals surface area contributed by atoms with E-state index in [-0.39, 0.29) is 29.1 Å². The Bertz CT molecular complexity index is 1260. The summed E-state index contributed by atoms with van der Waals surface area (Å²) in [6.45, 7) is 0.182. The molecule has 0 atom stereocenters. The molecule has 0 aliphatic carbocycles. The van der Waals surface area contributed by atoms with Gasteiger partial charge in [-0.15, -0.1) is 10.2 Å². The molecule has 5 rings (SSSR count). The highest BCUT2D eigenvalue weighted by Crippen LogP contribution is 2.46. The molecule has 0 N–H and O–H groups in total. The van der Waals surface area contributed by atoms with Crippen molar-refractivity contribution in [3.8, 4) is 29.0 Å². The first kappa shape index (κ1) is 19.5. The summed E-state index contributed by atoms with van der Waals surface area (Å²) >= 11 is 2.52. The largest absolute Gasteiger partial charge is 0.454 e. The van der Waals surface area contributed by atoms with Crippen molar-refractivity contribution in [2.75, 3.05) is 24.5 Å². The molecular weight excluding hydrogens is 436 g/mol. The van der Waals surface area contributed by atoms with Gasteiger partial charge in [0, 0.05) is 17.5 Å². The fourth-order valence-corrected chi connectivity index (χ4v) is 4.96. The minimum atomic E-state index is -0.294. The van der Waals surface area contributed by atoms with Crippen LogP contribution in [0.1, 0.15) is 0 Å². The van der Waals surface area contributed by atoms with E-state index < -0.39 is 0 Å². The summed E-state index contributed by atoms with van der Waals surface area (Å²) in [7, 11) is 1.85. The number of hydrogen-bond acceptors (Lipinski definition) is 10. The second-order valence-corrected chi connectivity index (χ2v) is 8.53. The number of thioether (sulfide) groups is 2. The number of aromatic nitrogens is 2. The normalized spacial score (nSPS) is 15.5. The molecular formula is C21H14N4O4S2. The molecule has 2 aliphatic heterocycles. The van der Waals surface area contributed by atoms with Crippen LogP contribution in [0.5, 0.6) is 11.5 Å². The molecule has 8 nitrogen and oxygen atoms in total. The molecule has 3 heterocycles. The molecule has 31 heavy (non-hydrogen) atoms. The predicted molar refractivity (Wildman–Crippen MR) is 115 cm³/mol. The first-order valence-electron chi connectivity index (χ1n) is 9.18. The van der Waals surface area contributed by atoms with Crippen LogP contribution < -0.4 is 14.4 Å². The lowest BCUT2D eigenvalue weighted by molar-refractivity contribution is -0.112. The molecule has 0 spiro atoms. The Balaban J connectivity index is 1.29. The lowest BCUT2D eigenvalue weighted by Crippen LogP contribution is -2.16. The van der Waals surface area contributed by atoms with Gasteiger partial charge in [0.15, 0.2) is 17.3 Å². The summed E-state index contributed by atoms with van der Waals surface area (Å²) < 4.78 is 16.3. The summed E-state index contributed by atoms with van der Waals surface area (Å²) in [6, 6.07) is 15.2. The van der Waals surface area contributed by atoms with Crippen molar-refractivity contribution in [3.63, 3.8) is 0 Å². The van der Waals surface area contributed by atoms with Gasteiger partial charge in [-0.05, 0) is 30.3 Å². The molecule has 10 heteroatoms. The fraction of sp³-hybridized carbons (Fsp3) is 0.143. The zero-order chi connectivity index (χ0) is 21.4. The number of Topliss-reactive ketones (excluding diaryl/α,β-unsaturated/α-hetero) is 1. The molecule has 2 aromatic carbocycles. The monoisotopic (exact) mass is 450 g/mol. The highest BCUT2D eigenvalue weighted by atomic mass is 32.2. The Labute approximate surface area is 185 Å². The van der Waals surface area contributed by atoms with Crippen molar-refractivity contribution in [2.24, 2.45) is 0 Å². The lowest BCUT2D eigenvalue weighted by atomic mass is 10.2. The number of anilines is 1. The van der Waals surface area contributed by atoms with E-state index in [0.717, 1.165) is 22.3 Å². The highest BCUT2D eigenvalue weighted by Gasteiger charge is 2.28. The molecule has 0 fully saturated rings. The second-order valence-electron chi connectivity index (χ2n) is 6.57. The smallest absolute Gasteiger partial charge is 0.277 e. The van der Waals surface area contributed by atoms with Crippen LogP contribution in [0.2, 0.25) is 0 Å². The van der Waals surface area contributed by atoms with Crippen LogP contribution >= 0.6 is 23.5 Å². The van der Waals surface area contributed by atoms with Gasteiger partial charge in [0.2, 0.25) is 12.7 Å². The molecule has 154 valence electrons. The van der Waals surface area contributed by atoms with Crippen molar-refractivity contribution in [1.82, 2.24) is 10.2 Å². The molecule has 0 radical (unpaired) electrons. The maximum atomic E-state index is 12.8. The van der Waals surface area contributed by atoms with Crippen molar-refractivity contribution in [1.29, 1.82) is 5.26 Å². The number of hydrogen-bond donors (Lipinski definition) is 0. The third-order valence-electron chi connectivity index (χ3n) is 4.70. The molecule has 0 amide bonds. The van der Waals surface area contributed by atoms with Crippen LogP contribution in [-0.4, -0.2) is 35.6 Å². The highest BCUT2D eigenvalue weighted by molar-refractivity contribution is 8.03. The van der Waals surface area contributed by atoms with Crippen LogP contribution in [0, 0.1) is 11.3 Å². The number of carbonyl (C=O) groups excluding carboxylic acids is 1. The van der Waals surface area contributed by atoms with Gasteiger partial charge >= 0.3 is 0 Å². The van der Waals surface area contributed by atoms with Gasteiger partial charge in [-0.1, -0.05) is 35.7 Å². The number of rotatable bonds is 5. The maximum Gasteiger partial charge on any atom is 0.277 e. The maximum absolute atomic E-state index is 12.8. The van der Waals surface area contributed by atoms with Crippen LogP contribution in [-0.2, 0) is 4.79 Å². The first-order chi connectivity index (χ1) is 15.1. The third kappa shape index (κ3) is 3.62. The summed E-state index contributed by atoms with van der Waals surface area (Å²) in [6.07, 6.45) is 0. The summed E-state index contributed by atoms with van der Waals surface area (Å²) in [5, 5.41) is 18.5. The van der Waals surface area contributed by atoms with Crippen molar-refractivity contribution in [2.45, 2.75) is 10.1 Å². The number of fused-ring (bicyclic) bond motifs is 2. The molecule has 0 bridgehead atoms. The molecule has 0 saturated carbocycles. The molecule has 1 aromatic heterocycles. The van der Waals surface area contributed by atoms with Crippen molar-refractivity contribution in [3.05, 3.63) is 53.1 Å². The predicted octanol–water partition coefficient (Wildman–Crippen LogP) is 4.10. The zero-order valence-electron chi connectivity index (χ0n) is 16.2. The Kier molecular flexibility index (Phi) is 5.05. The Morgan fingerprint density at radius 1 is 1.23 bits per heavy atom. The quantitative estimate of drug-likeness (QED) is 0.321. The molecule has 0 unspecified atom stereocenters. The fourth-order valence-electron chi connectivity index (χ4n) is 3.16. The van der Waals surface area contributed by atoms with E-state index in [1.165, 1.54) is 11.8 Å². The number of allylic oxidation sites excluding steroid dienone is 1. The van der Waals surface area contributed by atoms with Gasteiger partial charge in [0.1, 0.15) is 16.7 Å². The van der Waals surface area contributed by atoms with E-state index in [2.05, 4.69) is 16.3 Å². The standard InChI is InChI=1S/C21H14N4O4S2/c1-25-14-4-2-3-5-18(14)31-20(25)13(9-22)15(26)10-30-21-24-23-19(29-21)12-6-7-16-17(8-12)28-11-27-16/h2-8H,10-11H2,1H3/b20-13-. The second kappa shape index (κ2) is 8.02. The summed E-state index contributed by atoms with van der Waals surface area (Å²) in [5.41, 5.74) is 1.78. The van der Waals surface area contributed by atoms with E-state index >= 15 is 0 Å². The third-order valence-corrected chi connectivity index (χ3v) is 6.75. The zero-order valence-corrected chi connectivity index (χ0v) is 17.8. The average Bonchev–Trinajstić information content (AvgIpc) is 3.52. The van der Waals surface area contributed by atoms with Gasteiger partial charge in [0.05, 0.1) is 11.4 Å². The number of nitriles is 1. The van der Waals surface area contributed by atoms with Crippen LogP contribution in [0.15, 0.2) is 67.6 Å². The number of carbonyl (C=O) groups is 1. The first-order valence-corrected chi connectivity index (χ1v) is 11.0. The van der Waals surface area contributed by atoms with Gasteiger partial charge in [-0.3, -0.25) is 4.79 Å². The van der Waals surface area contributed by atoms with Gasteiger partial charge in [-0.2, -0.15) is 5.26 Å². The number of ether oxygens (including phenoxy) is 2. The number of nitrogens with zero attached hydrogens (tertiary/aromatic N) is 4. The van der Waals surface area contributed by atoms with E-state index in [1.54, 1.807) is 18.2 Å². The van der Waals surface area contributed by atoms with Crippen LogP contribution in [0.3, 0.4) is 0 Å². The SMILES string of the molecule is CN1/C(=C(\C#N)C(=O)CSc2nnc(-c3ccc4c(c3)OCO4)o2)Sc2ccccc21. The minimum Gasteiger partial charge on any atom is -0.454 e. The number of benzene rings is 2. The van der Waals surface area contributed by atoms with Crippen LogP contribution in [0.25, 0.3) is 11.5 Å². The topological polar surface area (TPSA) is 101 Å². The Morgan fingerprint density at radius 3 is 2.90 bits per heavy atom. The Hall–Kier alpha value is -3.42. The van der Waals surface area contributed by atoms with E-state index in [0.29, 0.717) is 28.0 Å². The average molecular weight is 451 g/mol. The minimum absolute atomic E-state index is 0.0138. The lowest BCUT2D eigenvalue weighted by Gasteiger charge is -2.14. The van der Waals surface area contributed by atoms with E-state index in [4.69, 9.17) is 13.9 Å². The van der Waals surface area contributed by atoms with Crippen molar-refractivity contribution < 1.29 is 18.7 Å². The number of ketones is 1. The number of para-hydroxylation sites is 1. The molecule has 3 aromatic rings. The van der Waals surface area contributed by atoms with E-state index in [1.807, 2.05) is 36.2 Å². The van der Waals surface area contributed by atoms with Crippen molar-refractivity contribution >= 4 is 35.0 Å².